The monoisotopic (exact) mass is 434 g/mol. The molecule has 1 fully saturated rings. The summed E-state index contributed by atoms with van der Waals surface area (Å²) in [6.07, 6.45) is 14.3. The molecule has 0 heterocycles. The third-order valence-electron chi connectivity index (χ3n) is 6.98. The van der Waals surface area contributed by atoms with Gasteiger partial charge >= 0.3 is 0 Å². The zero-order valence-corrected chi connectivity index (χ0v) is 20.3. The topological polar surface area (TPSA) is 26.3 Å². The molecule has 2 nitrogen and oxygen atoms in total. The Morgan fingerprint density at radius 2 is 1.38 bits per heavy atom. The number of ether oxygens (including phenoxy) is 1. The van der Waals surface area contributed by atoms with Crippen molar-refractivity contribution in [3.05, 3.63) is 54.1 Å². The molecule has 0 bridgehead atoms. The molecule has 0 saturated heterocycles. The Kier molecular flexibility index (Phi) is 10.3. The highest BCUT2D eigenvalue weighted by molar-refractivity contribution is 5.86. The highest BCUT2D eigenvalue weighted by Gasteiger charge is 2.29. The van der Waals surface area contributed by atoms with E-state index in [0.29, 0.717) is 11.7 Å². The molecule has 32 heavy (non-hydrogen) atoms. The largest absolute Gasteiger partial charge is 0.494 e. The molecule has 2 aromatic carbocycles. The molecule has 2 heteroatoms. The van der Waals surface area contributed by atoms with E-state index in [1.807, 2.05) is 0 Å². The number of carbonyl (C=O) groups excluding carboxylic acids is 1. The van der Waals surface area contributed by atoms with Crippen LogP contribution >= 0.6 is 0 Å². The van der Waals surface area contributed by atoms with Crippen LogP contribution in [0, 0.1) is 5.92 Å². The lowest BCUT2D eigenvalue weighted by Gasteiger charge is -2.27. The minimum absolute atomic E-state index is 0.0968. The van der Waals surface area contributed by atoms with Crippen LogP contribution in [0.1, 0.15) is 102 Å². The summed E-state index contributed by atoms with van der Waals surface area (Å²) in [5.41, 5.74) is 3.58. The maximum atomic E-state index is 12.8. The number of hydrogen-bond donors (Lipinski definition) is 0. The van der Waals surface area contributed by atoms with Crippen LogP contribution in [0.25, 0.3) is 11.1 Å². The average Bonchev–Trinajstić information content (AvgIpc) is 2.82. The van der Waals surface area contributed by atoms with Crippen LogP contribution < -0.4 is 4.74 Å². The van der Waals surface area contributed by atoms with Crippen LogP contribution in [0.2, 0.25) is 0 Å². The SMILES string of the molecule is CCCCCCCOc1ccc(-c2ccc(C3CCC(CCCCC)CC3=O)cc2)cc1. The van der Waals surface area contributed by atoms with Gasteiger partial charge in [-0.25, -0.2) is 0 Å². The van der Waals surface area contributed by atoms with Crippen LogP contribution in [0.5, 0.6) is 5.75 Å². The summed E-state index contributed by atoms with van der Waals surface area (Å²) in [7, 11) is 0. The van der Waals surface area contributed by atoms with Gasteiger partial charge in [0.2, 0.25) is 0 Å². The lowest BCUT2D eigenvalue weighted by molar-refractivity contribution is -0.123. The Labute approximate surface area is 195 Å². The molecule has 1 aliphatic rings. The van der Waals surface area contributed by atoms with Crippen molar-refractivity contribution in [2.45, 2.75) is 96.8 Å². The van der Waals surface area contributed by atoms with Gasteiger partial charge in [-0.05, 0) is 54.0 Å². The standard InChI is InChI=1S/C30H42O2/c1-3-5-7-8-10-22-32-28-19-17-26(18-20-28)25-13-15-27(16-14-25)29-21-12-24(23-30(29)31)11-9-6-4-2/h13-20,24,29H,3-12,21-23H2,1-2H3. The summed E-state index contributed by atoms with van der Waals surface area (Å²) in [6.45, 7) is 5.28. The second kappa shape index (κ2) is 13.5. The first-order chi connectivity index (χ1) is 15.7. The Bertz CT molecular complexity index is 791. The van der Waals surface area contributed by atoms with Crippen molar-refractivity contribution in [1.82, 2.24) is 0 Å². The quantitative estimate of drug-likeness (QED) is 0.295. The molecule has 174 valence electrons. The third-order valence-corrected chi connectivity index (χ3v) is 6.98. The Hall–Kier alpha value is -2.09. The van der Waals surface area contributed by atoms with E-state index in [1.165, 1.54) is 74.5 Å². The van der Waals surface area contributed by atoms with Gasteiger partial charge in [-0.3, -0.25) is 4.79 Å². The summed E-state index contributed by atoms with van der Waals surface area (Å²) in [4.78, 5) is 12.8. The number of benzene rings is 2. The van der Waals surface area contributed by atoms with Gasteiger partial charge in [-0.15, -0.1) is 0 Å². The number of carbonyl (C=O) groups is 1. The minimum atomic E-state index is 0.0968. The van der Waals surface area contributed by atoms with E-state index in [2.05, 4.69) is 62.4 Å². The van der Waals surface area contributed by atoms with Crippen molar-refractivity contribution in [2.75, 3.05) is 6.61 Å². The second-order valence-corrected chi connectivity index (χ2v) is 9.57. The van der Waals surface area contributed by atoms with Crippen LogP contribution in [-0.2, 0) is 4.79 Å². The van der Waals surface area contributed by atoms with E-state index >= 15 is 0 Å². The molecule has 0 amide bonds. The number of rotatable bonds is 13. The summed E-state index contributed by atoms with van der Waals surface area (Å²) in [5.74, 6) is 2.10. The maximum absolute atomic E-state index is 12.8. The van der Waals surface area contributed by atoms with Crippen molar-refractivity contribution in [3.8, 4) is 16.9 Å². The smallest absolute Gasteiger partial charge is 0.140 e. The second-order valence-electron chi connectivity index (χ2n) is 9.57. The Morgan fingerprint density at radius 1 is 0.750 bits per heavy atom. The van der Waals surface area contributed by atoms with Crippen LogP contribution in [0.4, 0.5) is 0 Å². The van der Waals surface area contributed by atoms with Gasteiger partial charge in [0.1, 0.15) is 11.5 Å². The van der Waals surface area contributed by atoms with Gasteiger partial charge in [-0.1, -0.05) is 102 Å². The Balaban J connectivity index is 1.48. The zero-order chi connectivity index (χ0) is 22.6. The summed E-state index contributed by atoms with van der Waals surface area (Å²) in [6, 6.07) is 17.1. The van der Waals surface area contributed by atoms with E-state index < -0.39 is 0 Å². The minimum Gasteiger partial charge on any atom is -0.494 e. The predicted molar refractivity (Wildman–Crippen MR) is 135 cm³/mol. The van der Waals surface area contributed by atoms with Gasteiger partial charge in [0.05, 0.1) is 6.61 Å². The zero-order valence-electron chi connectivity index (χ0n) is 20.3. The Morgan fingerprint density at radius 3 is 2.03 bits per heavy atom. The van der Waals surface area contributed by atoms with Gasteiger partial charge in [0.15, 0.2) is 0 Å². The van der Waals surface area contributed by atoms with E-state index in [1.54, 1.807) is 0 Å². The number of hydrogen-bond acceptors (Lipinski definition) is 2. The van der Waals surface area contributed by atoms with Crippen LogP contribution in [0.15, 0.2) is 48.5 Å². The van der Waals surface area contributed by atoms with Crippen LogP contribution in [0.3, 0.4) is 0 Å². The van der Waals surface area contributed by atoms with E-state index in [0.717, 1.165) is 31.6 Å². The lowest BCUT2D eigenvalue weighted by Crippen LogP contribution is -2.23. The predicted octanol–water partition coefficient (Wildman–Crippen LogP) is 8.74. The highest BCUT2D eigenvalue weighted by atomic mass is 16.5. The molecular weight excluding hydrogens is 392 g/mol. The molecule has 2 atom stereocenters. The van der Waals surface area contributed by atoms with E-state index in [4.69, 9.17) is 4.74 Å². The molecule has 2 unspecified atom stereocenters. The number of ketones is 1. The molecule has 0 aliphatic heterocycles. The van der Waals surface area contributed by atoms with Gasteiger partial charge in [-0.2, -0.15) is 0 Å². The fraction of sp³-hybridized carbons (Fsp3) is 0.567. The molecule has 0 spiro atoms. The molecule has 1 saturated carbocycles. The van der Waals surface area contributed by atoms with Crippen molar-refractivity contribution in [2.24, 2.45) is 5.92 Å². The normalized spacial score (nSPS) is 18.6. The van der Waals surface area contributed by atoms with E-state index in [9.17, 15) is 4.79 Å². The summed E-state index contributed by atoms with van der Waals surface area (Å²) in [5, 5.41) is 0. The van der Waals surface area contributed by atoms with Crippen molar-refractivity contribution >= 4 is 5.78 Å². The number of Topliss-reactive ketones (excluding diaryl/α,β-unsaturated/α-hetero) is 1. The first-order valence-corrected chi connectivity index (χ1v) is 13.1. The molecule has 2 aromatic rings. The van der Waals surface area contributed by atoms with Gasteiger partial charge in [0, 0.05) is 12.3 Å². The summed E-state index contributed by atoms with van der Waals surface area (Å²) < 4.78 is 5.89. The van der Waals surface area contributed by atoms with Crippen LogP contribution in [-0.4, -0.2) is 12.4 Å². The fourth-order valence-electron chi connectivity index (χ4n) is 4.92. The molecule has 0 N–H and O–H groups in total. The first-order valence-electron chi connectivity index (χ1n) is 13.1. The fourth-order valence-corrected chi connectivity index (χ4v) is 4.92. The molecule has 0 aromatic heterocycles. The molecule has 1 aliphatic carbocycles. The summed E-state index contributed by atoms with van der Waals surface area (Å²) >= 11 is 0. The van der Waals surface area contributed by atoms with Gasteiger partial charge < -0.3 is 4.74 Å². The van der Waals surface area contributed by atoms with Crippen molar-refractivity contribution in [1.29, 1.82) is 0 Å². The average molecular weight is 435 g/mol. The number of unbranched alkanes of at least 4 members (excludes halogenated alkanes) is 6. The maximum Gasteiger partial charge on any atom is 0.140 e. The van der Waals surface area contributed by atoms with Crippen molar-refractivity contribution in [3.63, 3.8) is 0 Å². The molecular formula is C30H42O2. The third kappa shape index (κ3) is 7.50. The lowest BCUT2D eigenvalue weighted by atomic mass is 9.76. The highest BCUT2D eigenvalue weighted by Crippen LogP contribution is 2.36. The van der Waals surface area contributed by atoms with Gasteiger partial charge in [0.25, 0.3) is 0 Å². The molecule has 0 radical (unpaired) electrons. The first kappa shape index (κ1) is 24.6. The van der Waals surface area contributed by atoms with Crippen molar-refractivity contribution < 1.29 is 9.53 Å². The molecule has 3 rings (SSSR count). The van der Waals surface area contributed by atoms with E-state index in [-0.39, 0.29) is 5.92 Å².